The molecule has 1 atom stereocenters. The molecule has 0 fully saturated rings. The van der Waals surface area contributed by atoms with Gasteiger partial charge in [0.15, 0.2) is 17.6 Å². The van der Waals surface area contributed by atoms with Crippen LogP contribution in [0.1, 0.15) is 19.8 Å². The zero-order chi connectivity index (χ0) is 12.0. The molecule has 1 N–H and O–H groups in total. The van der Waals surface area contributed by atoms with Gasteiger partial charge >= 0.3 is 5.97 Å². The smallest absolute Gasteiger partial charge is 0.344 e. The summed E-state index contributed by atoms with van der Waals surface area (Å²) < 4.78 is 10.5. The normalized spacial score (nSPS) is 11.9. The van der Waals surface area contributed by atoms with Crippen LogP contribution in [0, 0.1) is 0 Å². The minimum absolute atomic E-state index is 0.464. The first-order chi connectivity index (χ1) is 7.69. The summed E-state index contributed by atoms with van der Waals surface area (Å²) in [5.74, 6) is 0.0588. The molecule has 0 amide bonds. The van der Waals surface area contributed by atoms with E-state index in [0.717, 1.165) is 6.42 Å². The van der Waals surface area contributed by atoms with Crippen LogP contribution in [0.3, 0.4) is 0 Å². The fourth-order valence-electron chi connectivity index (χ4n) is 1.36. The molecule has 1 rings (SSSR count). The van der Waals surface area contributed by atoms with Crippen molar-refractivity contribution in [2.75, 3.05) is 7.11 Å². The van der Waals surface area contributed by atoms with Crippen molar-refractivity contribution in [3.63, 3.8) is 0 Å². The van der Waals surface area contributed by atoms with Gasteiger partial charge in [-0.25, -0.2) is 4.79 Å². The maximum Gasteiger partial charge on any atom is 0.344 e. The number of ether oxygens (including phenoxy) is 2. The molecule has 4 nitrogen and oxygen atoms in total. The van der Waals surface area contributed by atoms with Crippen molar-refractivity contribution in [3.05, 3.63) is 24.3 Å². The molecule has 0 aliphatic rings. The Kier molecular flexibility index (Phi) is 4.64. The summed E-state index contributed by atoms with van der Waals surface area (Å²) in [6.07, 6.45) is 0.417. The van der Waals surface area contributed by atoms with Gasteiger partial charge in [0.2, 0.25) is 0 Å². The molecule has 0 spiro atoms. The number of benzene rings is 1. The van der Waals surface area contributed by atoms with Gasteiger partial charge in [0.05, 0.1) is 7.11 Å². The van der Waals surface area contributed by atoms with Gasteiger partial charge < -0.3 is 14.6 Å². The average Bonchev–Trinajstić information content (AvgIpc) is 2.29. The lowest BCUT2D eigenvalue weighted by Gasteiger charge is -2.16. The summed E-state index contributed by atoms with van der Waals surface area (Å²) in [5.41, 5.74) is 0. The highest BCUT2D eigenvalue weighted by molar-refractivity contribution is 5.72. The molecule has 0 aliphatic carbocycles. The van der Waals surface area contributed by atoms with Gasteiger partial charge in [-0.05, 0) is 18.6 Å². The number of hydrogen-bond acceptors (Lipinski definition) is 3. The number of hydrogen-bond donors (Lipinski definition) is 1. The lowest BCUT2D eigenvalue weighted by molar-refractivity contribution is -0.145. The number of methoxy groups -OCH3 is 1. The van der Waals surface area contributed by atoms with Crippen molar-refractivity contribution >= 4 is 5.97 Å². The van der Waals surface area contributed by atoms with E-state index in [1.165, 1.54) is 7.11 Å². The molecule has 1 unspecified atom stereocenters. The fourth-order valence-corrected chi connectivity index (χ4v) is 1.36. The number of carboxylic acids is 1. The van der Waals surface area contributed by atoms with Crippen LogP contribution in [-0.4, -0.2) is 24.3 Å². The van der Waals surface area contributed by atoms with Crippen molar-refractivity contribution in [2.45, 2.75) is 25.9 Å². The summed E-state index contributed by atoms with van der Waals surface area (Å²) in [7, 11) is 1.53. The second-order valence-corrected chi connectivity index (χ2v) is 3.38. The average molecular weight is 224 g/mol. The second kappa shape index (κ2) is 6.00. The topological polar surface area (TPSA) is 55.8 Å². The Labute approximate surface area is 94.8 Å². The van der Waals surface area contributed by atoms with Gasteiger partial charge in [-0.15, -0.1) is 0 Å². The zero-order valence-electron chi connectivity index (χ0n) is 9.47. The highest BCUT2D eigenvalue weighted by Gasteiger charge is 2.19. The fraction of sp³-hybridized carbons (Fsp3) is 0.417. The molecule has 0 bridgehead atoms. The van der Waals surface area contributed by atoms with Crippen LogP contribution in [0.25, 0.3) is 0 Å². The third kappa shape index (κ3) is 3.15. The number of para-hydroxylation sites is 2. The van der Waals surface area contributed by atoms with Crippen LogP contribution < -0.4 is 9.47 Å². The molecule has 4 heteroatoms. The zero-order valence-corrected chi connectivity index (χ0v) is 9.47. The minimum atomic E-state index is -0.951. The largest absolute Gasteiger partial charge is 0.493 e. The van der Waals surface area contributed by atoms with Gasteiger partial charge in [-0.1, -0.05) is 25.5 Å². The van der Waals surface area contributed by atoms with E-state index >= 15 is 0 Å². The first-order valence-electron chi connectivity index (χ1n) is 5.21. The molecule has 88 valence electrons. The highest BCUT2D eigenvalue weighted by atomic mass is 16.5. The van der Waals surface area contributed by atoms with E-state index in [9.17, 15) is 4.79 Å². The van der Waals surface area contributed by atoms with Crippen molar-refractivity contribution in [1.29, 1.82) is 0 Å². The van der Waals surface area contributed by atoms with Crippen LogP contribution in [0.15, 0.2) is 24.3 Å². The van der Waals surface area contributed by atoms with Gasteiger partial charge in [0.1, 0.15) is 0 Å². The standard InChI is InChI=1S/C12H16O4/c1-3-6-11(12(13)14)16-10-8-5-4-7-9(10)15-2/h4-5,7-8,11H,3,6H2,1-2H3,(H,13,14). The lowest BCUT2D eigenvalue weighted by atomic mass is 10.2. The third-order valence-electron chi connectivity index (χ3n) is 2.16. The summed E-state index contributed by atoms with van der Waals surface area (Å²) >= 11 is 0. The molecular formula is C12H16O4. The van der Waals surface area contributed by atoms with E-state index in [1.54, 1.807) is 24.3 Å². The molecule has 16 heavy (non-hydrogen) atoms. The van der Waals surface area contributed by atoms with Crippen molar-refractivity contribution in [1.82, 2.24) is 0 Å². The summed E-state index contributed by atoms with van der Waals surface area (Å²) in [4.78, 5) is 10.9. The van der Waals surface area contributed by atoms with Crippen LogP contribution >= 0.6 is 0 Å². The molecular weight excluding hydrogens is 208 g/mol. The number of rotatable bonds is 6. The Balaban J connectivity index is 2.80. The Morgan fingerprint density at radius 3 is 2.50 bits per heavy atom. The van der Waals surface area contributed by atoms with Crippen molar-refractivity contribution in [2.24, 2.45) is 0 Å². The first kappa shape index (κ1) is 12.4. The van der Waals surface area contributed by atoms with Crippen LogP contribution in [0.2, 0.25) is 0 Å². The predicted molar refractivity (Wildman–Crippen MR) is 60.0 cm³/mol. The summed E-state index contributed by atoms with van der Waals surface area (Å²) in [6.45, 7) is 1.92. The molecule has 0 aliphatic heterocycles. The summed E-state index contributed by atoms with van der Waals surface area (Å²) in [6, 6.07) is 7.02. The Bertz CT molecular complexity index is 349. The monoisotopic (exact) mass is 224 g/mol. The van der Waals surface area contributed by atoms with E-state index in [2.05, 4.69) is 0 Å². The second-order valence-electron chi connectivity index (χ2n) is 3.38. The van der Waals surface area contributed by atoms with Crippen molar-refractivity contribution < 1.29 is 19.4 Å². The maximum absolute atomic E-state index is 10.9. The quantitative estimate of drug-likeness (QED) is 0.805. The Hall–Kier alpha value is -1.71. The van der Waals surface area contributed by atoms with E-state index in [4.69, 9.17) is 14.6 Å². The Morgan fingerprint density at radius 1 is 1.38 bits per heavy atom. The number of carboxylic acid groups (broad SMARTS) is 1. The molecule has 1 aromatic rings. The van der Waals surface area contributed by atoms with Crippen LogP contribution in [0.5, 0.6) is 11.5 Å². The highest BCUT2D eigenvalue weighted by Crippen LogP contribution is 2.27. The molecule has 0 radical (unpaired) electrons. The maximum atomic E-state index is 10.9. The van der Waals surface area contributed by atoms with E-state index in [1.807, 2.05) is 6.92 Å². The van der Waals surface area contributed by atoms with Gasteiger partial charge in [-0.2, -0.15) is 0 Å². The van der Waals surface area contributed by atoms with Crippen LogP contribution in [0.4, 0.5) is 0 Å². The van der Waals surface area contributed by atoms with Gasteiger partial charge in [0, 0.05) is 0 Å². The number of aliphatic carboxylic acids is 1. The molecule has 0 aromatic heterocycles. The lowest BCUT2D eigenvalue weighted by Crippen LogP contribution is -2.26. The first-order valence-corrected chi connectivity index (χ1v) is 5.21. The van der Waals surface area contributed by atoms with E-state index < -0.39 is 12.1 Å². The Morgan fingerprint density at radius 2 is 2.00 bits per heavy atom. The summed E-state index contributed by atoms with van der Waals surface area (Å²) in [5, 5.41) is 8.96. The SMILES string of the molecule is CCCC(Oc1ccccc1OC)C(=O)O. The van der Waals surface area contributed by atoms with Gasteiger partial charge in [0.25, 0.3) is 0 Å². The predicted octanol–water partition coefficient (Wildman–Crippen LogP) is 2.33. The third-order valence-corrected chi connectivity index (χ3v) is 2.16. The van der Waals surface area contributed by atoms with Gasteiger partial charge in [-0.3, -0.25) is 0 Å². The molecule has 0 heterocycles. The van der Waals surface area contributed by atoms with E-state index in [-0.39, 0.29) is 0 Å². The van der Waals surface area contributed by atoms with E-state index in [0.29, 0.717) is 17.9 Å². The molecule has 0 saturated heterocycles. The minimum Gasteiger partial charge on any atom is -0.493 e. The van der Waals surface area contributed by atoms with Crippen LogP contribution in [-0.2, 0) is 4.79 Å². The molecule has 0 saturated carbocycles. The molecule has 1 aromatic carbocycles. The number of carbonyl (C=O) groups is 1. The van der Waals surface area contributed by atoms with Crippen molar-refractivity contribution in [3.8, 4) is 11.5 Å².